The molecule has 0 aliphatic carbocycles. The minimum absolute atomic E-state index is 0. The fraction of sp³-hybridized carbons (Fsp3) is 0. The van der Waals surface area contributed by atoms with Crippen LogP contribution in [0.2, 0.25) is 0 Å². The summed E-state index contributed by atoms with van der Waals surface area (Å²) in [6.07, 6.45) is 0. The normalized spacial score (nSPS) is 17.8. The molecular formula is H2Na5O16P5. The van der Waals surface area contributed by atoms with Gasteiger partial charge in [0, 0.05) is 0 Å². The van der Waals surface area contributed by atoms with Crippen molar-refractivity contribution in [3.8, 4) is 0 Å². The van der Waals surface area contributed by atoms with Gasteiger partial charge in [-0.3, -0.25) is 18.0 Å². The Morgan fingerprint density at radius 3 is 0.962 bits per heavy atom. The van der Waals surface area contributed by atoms with Crippen LogP contribution in [0, 0.1) is 0 Å². The van der Waals surface area contributed by atoms with Crippen LogP contribution in [0.4, 0.5) is 0 Å². The fourth-order valence-electron chi connectivity index (χ4n) is 0.542. The van der Waals surface area contributed by atoms with Gasteiger partial charge in [-0.15, -0.1) is 0 Å². The van der Waals surface area contributed by atoms with E-state index in [9.17, 15) is 47.3 Å². The van der Waals surface area contributed by atoms with Gasteiger partial charge in [-0.1, -0.05) is 0 Å². The molecule has 0 spiro atoms. The number of phosphoric acid groups is 5. The largest absolute Gasteiger partial charge is 1.00 e. The topological polar surface area (TPSA) is 278 Å². The van der Waals surface area contributed by atoms with Crippen molar-refractivity contribution < 1.29 is 222 Å². The van der Waals surface area contributed by atoms with Crippen LogP contribution in [-0.4, -0.2) is 9.79 Å². The van der Waals surface area contributed by atoms with Crippen molar-refractivity contribution in [3.63, 3.8) is 0 Å². The molecule has 3 unspecified atom stereocenters. The second-order valence-corrected chi connectivity index (χ2v) is 9.78. The van der Waals surface area contributed by atoms with Crippen molar-refractivity contribution in [2.45, 2.75) is 0 Å². The van der Waals surface area contributed by atoms with Gasteiger partial charge >= 0.3 is 156 Å². The maximum atomic E-state index is 10.8. The van der Waals surface area contributed by atoms with E-state index in [1.807, 2.05) is 0 Å². The van der Waals surface area contributed by atoms with Gasteiger partial charge in [-0.25, -0.2) is 17.5 Å². The van der Waals surface area contributed by atoms with E-state index >= 15 is 0 Å². The van der Waals surface area contributed by atoms with E-state index < -0.39 is 39.1 Å². The molecule has 0 aromatic carbocycles. The second-order valence-electron chi connectivity index (χ2n) is 2.61. The first-order chi connectivity index (χ1) is 8.83. The van der Waals surface area contributed by atoms with Gasteiger partial charge in [-0.2, -0.15) is 0 Å². The maximum absolute atomic E-state index is 10.8. The zero-order valence-electron chi connectivity index (χ0n) is 13.8. The Bertz CT molecular complexity index is 565. The number of hydrogen-bond donors (Lipinski definition) is 2. The van der Waals surface area contributed by atoms with Crippen molar-refractivity contribution in [1.82, 2.24) is 0 Å². The quantitative estimate of drug-likeness (QED) is 0.219. The van der Waals surface area contributed by atoms with Crippen LogP contribution in [0.5, 0.6) is 0 Å². The molecule has 128 valence electrons. The van der Waals surface area contributed by atoms with Gasteiger partial charge in [0.1, 0.15) is 0 Å². The van der Waals surface area contributed by atoms with Crippen LogP contribution in [0.3, 0.4) is 0 Å². The predicted octanol–water partition coefficient (Wildman–Crippen LogP) is -18.6. The molecule has 0 saturated carbocycles. The van der Waals surface area contributed by atoms with Crippen LogP contribution < -0.4 is 172 Å². The molecule has 0 rings (SSSR count). The van der Waals surface area contributed by atoms with Crippen molar-refractivity contribution in [2.24, 2.45) is 0 Å². The van der Waals surface area contributed by atoms with Gasteiger partial charge in [0.25, 0.3) is 23.5 Å². The Hall–Kier alpha value is 5.71. The molecule has 0 aliphatic rings. The third-order valence-corrected chi connectivity index (χ3v) is 7.26. The SMILES string of the molecule is O=P([O-])([O-])OP(=O)([O-])OP(=O)([O-])OP(=O)([O-])OP(=O)(O)O.[Na+].[Na+].[Na+].[Na+].[Na+]. The summed E-state index contributed by atoms with van der Waals surface area (Å²) in [5.41, 5.74) is 0. The third kappa shape index (κ3) is 27.7. The van der Waals surface area contributed by atoms with Crippen LogP contribution in [-0.2, 0) is 40.1 Å². The van der Waals surface area contributed by atoms with E-state index in [0.29, 0.717) is 0 Å². The Morgan fingerprint density at radius 1 is 0.500 bits per heavy atom. The standard InChI is InChI=1S/5Na.H7O16P5/c;;;;;1-17(2,3)13-19(7,8)15-21(11,12)16-20(9,10)14-18(4,5)6/h;;;;;(H,7,8)(H,9,10)(H,11,12)(H2,1,2,3)(H2,4,5,6)/q5*+1;/p-5. The summed E-state index contributed by atoms with van der Waals surface area (Å²) in [5, 5.41) is 0. The molecule has 0 aliphatic heterocycles. The monoisotopic (exact) mass is 528 g/mol. The molecule has 0 fully saturated rings. The second kappa shape index (κ2) is 17.2. The summed E-state index contributed by atoms with van der Waals surface area (Å²) in [7, 11) is -31.3. The molecule has 0 heterocycles. The summed E-state index contributed by atoms with van der Waals surface area (Å²) in [6.45, 7) is 0. The molecule has 26 heteroatoms. The van der Waals surface area contributed by atoms with Crippen LogP contribution in [0.1, 0.15) is 0 Å². The van der Waals surface area contributed by atoms with Crippen molar-refractivity contribution in [3.05, 3.63) is 0 Å². The molecular weight excluding hydrogens is 526 g/mol. The minimum atomic E-state index is -6.50. The Balaban J connectivity index is -0.000000200. The Morgan fingerprint density at radius 2 is 0.731 bits per heavy atom. The van der Waals surface area contributed by atoms with E-state index in [4.69, 9.17) is 9.79 Å². The van der Waals surface area contributed by atoms with Crippen LogP contribution >= 0.6 is 39.1 Å². The molecule has 3 atom stereocenters. The number of rotatable bonds is 8. The van der Waals surface area contributed by atoms with Crippen molar-refractivity contribution >= 4 is 39.1 Å². The maximum Gasteiger partial charge on any atom is 1.00 e. The molecule has 16 nitrogen and oxygen atoms in total. The van der Waals surface area contributed by atoms with Crippen LogP contribution in [0.15, 0.2) is 0 Å². The summed E-state index contributed by atoms with van der Waals surface area (Å²) < 4.78 is 63.3. The molecule has 0 saturated heterocycles. The van der Waals surface area contributed by atoms with Crippen molar-refractivity contribution in [1.29, 1.82) is 0 Å². The van der Waals surface area contributed by atoms with Crippen molar-refractivity contribution in [2.75, 3.05) is 0 Å². The average molecular weight is 528 g/mol. The Kier molecular flexibility index (Phi) is 29.9. The zero-order chi connectivity index (χ0) is 17.3. The summed E-state index contributed by atoms with van der Waals surface area (Å²) in [5.74, 6) is 0. The van der Waals surface area contributed by atoms with E-state index in [0.717, 1.165) is 0 Å². The molecule has 0 aromatic heterocycles. The van der Waals surface area contributed by atoms with Crippen LogP contribution in [0.25, 0.3) is 0 Å². The fourth-order valence-corrected chi connectivity index (χ4v) is 5.69. The number of hydrogen-bond acceptors (Lipinski definition) is 14. The van der Waals surface area contributed by atoms with E-state index in [1.165, 1.54) is 0 Å². The van der Waals surface area contributed by atoms with E-state index in [1.54, 1.807) is 0 Å². The first-order valence-corrected chi connectivity index (χ1v) is 11.1. The third-order valence-electron chi connectivity index (χ3n) is 0.806. The van der Waals surface area contributed by atoms with Gasteiger partial charge < -0.3 is 38.8 Å². The molecule has 0 bridgehead atoms. The molecule has 26 heavy (non-hydrogen) atoms. The smallest absolute Gasteiger partial charge is 0.790 e. The van der Waals surface area contributed by atoms with Gasteiger partial charge in [0.05, 0.1) is 7.82 Å². The van der Waals surface area contributed by atoms with Gasteiger partial charge in [0.2, 0.25) is 0 Å². The first-order valence-electron chi connectivity index (χ1n) is 3.69. The minimum Gasteiger partial charge on any atom is -0.790 e. The molecule has 0 amide bonds. The molecule has 0 aromatic rings. The van der Waals surface area contributed by atoms with Gasteiger partial charge in [0.15, 0.2) is 0 Å². The van der Waals surface area contributed by atoms with E-state index in [2.05, 4.69) is 17.2 Å². The van der Waals surface area contributed by atoms with E-state index in [-0.39, 0.29) is 148 Å². The Labute approximate surface area is 256 Å². The summed E-state index contributed by atoms with van der Waals surface area (Å²) in [6, 6.07) is 0. The summed E-state index contributed by atoms with van der Waals surface area (Å²) in [4.78, 5) is 68.0. The first kappa shape index (κ1) is 45.2. The predicted molar refractivity (Wildman–Crippen MR) is 46.8 cm³/mol. The zero-order valence-corrected chi connectivity index (χ0v) is 28.3. The van der Waals surface area contributed by atoms with Gasteiger partial charge in [-0.05, 0) is 0 Å². The summed E-state index contributed by atoms with van der Waals surface area (Å²) >= 11 is 0. The molecule has 2 N–H and O–H groups in total. The molecule has 0 radical (unpaired) electrons. The average Bonchev–Trinajstić information content (AvgIpc) is 1.83.